The monoisotopic (exact) mass is 204 g/mol. The molecule has 0 aromatic carbocycles. The maximum absolute atomic E-state index is 2.42. The Balaban J connectivity index is 2.20. The Morgan fingerprint density at radius 2 is 1.17 bits per heavy atom. The fourth-order valence-electron chi connectivity index (χ4n) is 2.06. The summed E-state index contributed by atoms with van der Waals surface area (Å²) in [6.07, 6.45) is 6.16. The fourth-order valence-corrected chi connectivity index (χ4v) is 4.89. The van der Waals surface area contributed by atoms with Gasteiger partial charge in [0, 0.05) is 0 Å². The highest BCUT2D eigenvalue weighted by Gasteiger charge is 2.30. The van der Waals surface area contributed by atoms with Crippen molar-refractivity contribution in [2.75, 3.05) is 39.0 Å². The molecule has 0 bridgehead atoms. The molecule has 0 spiro atoms. The summed E-state index contributed by atoms with van der Waals surface area (Å²) in [6.45, 7) is 9.69. The fraction of sp³-hybridized carbons (Fsp3) is 1.00. The van der Waals surface area contributed by atoms with Gasteiger partial charge in [-0.25, -0.2) is 0 Å². The minimum atomic E-state index is 0.361. The summed E-state index contributed by atoms with van der Waals surface area (Å²) in [7, 11) is 0.722. The van der Waals surface area contributed by atoms with E-state index in [1.165, 1.54) is 12.8 Å². The van der Waals surface area contributed by atoms with Crippen LogP contribution in [0.25, 0.3) is 0 Å². The van der Waals surface area contributed by atoms with Crippen molar-refractivity contribution in [3.8, 4) is 0 Å². The second-order valence-electron chi connectivity index (χ2n) is 4.62. The summed E-state index contributed by atoms with van der Waals surface area (Å²) in [6, 6.07) is 0. The van der Waals surface area contributed by atoms with Crippen molar-refractivity contribution >= 4 is 15.8 Å². The molecule has 72 valence electrons. The summed E-state index contributed by atoms with van der Waals surface area (Å²) in [5, 5.41) is 0. The minimum absolute atomic E-state index is 0.361. The Labute approximate surface area is 80.0 Å². The Morgan fingerprint density at radius 3 is 1.33 bits per heavy atom. The van der Waals surface area contributed by atoms with Gasteiger partial charge < -0.3 is 0 Å². The lowest BCUT2D eigenvalue weighted by atomic mass is 9.76. The molecule has 0 heterocycles. The van der Waals surface area contributed by atoms with Gasteiger partial charge in [0.1, 0.15) is 0 Å². The second-order valence-corrected chi connectivity index (χ2v) is 9.67. The lowest BCUT2D eigenvalue weighted by molar-refractivity contribution is 0.227. The molecular weight excluding hydrogens is 182 g/mol. The van der Waals surface area contributed by atoms with E-state index in [0.717, 1.165) is 11.8 Å². The molecule has 0 aromatic rings. The van der Waals surface area contributed by atoms with Gasteiger partial charge in [-0.15, -0.1) is 15.8 Å². The molecule has 2 heteroatoms. The Bertz CT molecular complexity index is 116. The van der Waals surface area contributed by atoms with Crippen LogP contribution in [0.15, 0.2) is 0 Å². The van der Waals surface area contributed by atoms with Crippen LogP contribution in [0.4, 0.5) is 0 Å². The van der Waals surface area contributed by atoms with Gasteiger partial charge in [-0.05, 0) is 63.7 Å². The quantitative estimate of drug-likeness (QED) is 0.615. The maximum atomic E-state index is 2.42. The molecule has 2 atom stereocenters. The van der Waals surface area contributed by atoms with Crippen molar-refractivity contribution in [3.05, 3.63) is 0 Å². The summed E-state index contributed by atoms with van der Waals surface area (Å²) in [5.41, 5.74) is 0. The molecule has 0 aromatic heterocycles. The zero-order valence-corrected chi connectivity index (χ0v) is 10.7. The molecule has 1 rings (SSSR count). The average molecular weight is 204 g/mol. The third kappa shape index (κ3) is 3.31. The van der Waals surface area contributed by atoms with Crippen LogP contribution in [0.1, 0.15) is 12.8 Å². The third-order valence-corrected chi connectivity index (χ3v) is 5.17. The normalized spacial score (nSPS) is 29.5. The average Bonchev–Trinajstić information content (AvgIpc) is 1.93. The van der Waals surface area contributed by atoms with Crippen molar-refractivity contribution in [1.29, 1.82) is 0 Å². The van der Waals surface area contributed by atoms with Crippen LogP contribution in [-0.2, 0) is 0 Å². The van der Waals surface area contributed by atoms with Crippen molar-refractivity contribution in [2.24, 2.45) is 11.8 Å². The Kier molecular flexibility index (Phi) is 4.49. The zero-order chi connectivity index (χ0) is 9.14. The first kappa shape index (κ1) is 10.9. The summed E-state index contributed by atoms with van der Waals surface area (Å²) in [5.74, 6) is 2.24. The van der Waals surface area contributed by atoms with E-state index in [9.17, 15) is 0 Å². The summed E-state index contributed by atoms with van der Waals surface area (Å²) in [4.78, 5) is 0. The van der Waals surface area contributed by atoms with Crippen molar-refractivity contribution in [1.82, 2.24) is 0 Å². The highest BCUT2D eigenvalue weighted by atomic mass is 31.1. The Morgan fingerprint density at radius 1 is 0.833 bits per heavy atom. The molecule has 0 aliphatic heterocycles. The smallest absolute Gasteiger partial charge is 0.0300 e. The summed E-state index contributed by atoms with van der Waals surface area (Å²) >= 11 is 0. The van der Waals surface area contributed by atoms with Crippen LogP contribution >= 0.6 is 15.8 Å². The van der Waals surface area contributed by atoms with Crippen LogP contribution in [-0.4, -0.2) is 39.0 Å². The molecule has 1 saturated carbocycles. The first-order chi connectivity index (χ1) is 5.59. The molecule has 12 heavy (non-hydrogen) atoms. The lowest BCUT2D eigenvalue weighted by Crippen LogP contribution is -2.30. The zero-order valence-electron chi connectivity index (χ0n) is 8.88. The summed E-state index contributed by atoms with van der Waals surface area (Å²) < 4.78 is 0. The van der Waals surface area contributed by atoms with Crippen molar-refractivity contribution in [3.63, 3.8) is 0 Å². The predicted molar refractivity (Wildman–Crippen MR) is 63.5 cm³/mol. The first-order valence-corrected chi connectivity index (χ1v) is 9.73. The molecule has 1 aliphatic rings. The standard InChI is InChI=1S/C10H22P2/c1-11(2)7-9-5-6-10(9)8-12(3)4/h9-10H,5-8H2,1-4H3. The minimum Gasteiger partial charge on any atom is -0.113 e. The van der Waals surface area contributed by atoms with Crippen molar-refractivity contribution in [2.45, 2.75) is 12.8 Å². The number of hydrogen-bond acceptors (Lipinski definition) is 0. The van der Waals surface area contributed by atoms with Gasteiger partial charge in [-0.3, -0.25) is 0 Å². The largest absolute Gasteiger partial charge is 0.113 e. The predicted octanol–water partition coefficient (Wildman–Crippen LogP) is 3.50. The maximum Gasteiger partial charge on any atom is -0.0300 e. The van der Waals surface area contributed by atoms with E-state index in [2.05, 4.69) is 26.7 Å². The van der Waals surface area contributed by atoms with Gasteiger partial charge >= 0.3 is 0 Å². The molecule has 1 fully saturated rings. The van der Waals surface area contributed by atoms with E-state index in [1.807, 2.05) is 0 Å². The van der Waals surface area contributed by atoms with E-state index in [4.69, 9.17) is 0 Å². The molecular formula is C10H22P2. The van der Waals surface area contributed by atoms with Crippen LogP contribution < -0.4 is 0 Å². The second kappa shape index (κ2) is 4.92. The van der Waals surface area contributed by atoms with Crippen LogP contribution in [0, 0.1) is 11.8 Å². The highest BCUT2D eigenvalue weighted by molar-refractivity contribution is 7.56. The molecule has 0 N–H and O–H groups in total. The third-order valence-electron chi connectivity index (χ3n) is 2.77. The first-order valence-electron chi connectivity index (χ1n) is 4.89. The van der Waals surface area contributed by atoms with Crippen LogP contribution in [0.5, 0.6) is 0 Å². The van der Waals surface area contributed by atoms with Crippen LogP contribution in [0.3, 0.4) is 0 Å². The van der Waals surface area contributed by atoms with E-state index < -0.39 is 0 Å². The van der Waals surface area contributed by atoms with Crippen LogP contribution in [0.2, 0.25) is 0 Å². The van der Waals surface area contributed by atoms with E-state index >= 15 is 0 Å². The molecule has 1 aliphatic carbocycles. The Hall–Kier alpha value is 0.860. The van der Waals surface area contributed by atoms with Gasteiger partial charge in [0.05, 0.1) is 0 Å². The van der Waals surface area contributed by atoms with E-state index in [0.29, 0.717) is 15.8 Å². The van der Waals surface area contributed by atoms with Gasteiger partial charge in [0.2, 0.25) is 0 Å². The van der Waals surface area contributed by atoms with Gasteiger partial charge in [-0.1, -0.05) is 0 Å². The van der Waals surface area contributed by atoms with Gasteiger partial charge in [0.15, 0.2) is 0 Å². The highest BCUT2D eigenvalue weighted by Crippen LogP contribution is 2.46. The number of hydrogen-bond donors (Lipinski definition) is 0. The van der Waals surface area contributed by atoms with E-state index in [-0.39, 0.29) is 0 Å². The van der Waals surface area contributed by atoms with E-state index in [1.54, 1.807) is 12.3 Å². The molecule has 0 radical (unpaired) electrons. The topological polar surface area (TPSA) is 0 Å². The SMILES string of the molecule is CP(C)CC1CCC1CP(C)C. The van der Waals surface area contributed by atoms with Gasteiger partial charge in [0.25, 0.3) is 0 Å². The lowest BCUT2D eigenvalue weighted by Gasteiger charge is -2.39. The van der Waals surface area contributed by atoms with Gasteiger partial charge in [-0.2, -0.15) is 0 Å². The molecule has 0 amide bonds. The van der Waals surface area contributed by atoms with Crippen molar-refractivity contribution < 1.29 is 0 Å². The molecule has 0 saturated heterocycles. The molecule has 0 nitrogen and oxygen atoms in total. The molecule has 2 unspecified atom stereocenters. The number of rotatable bonds is 4.